The largest absolute Gasteiger partial charge is 0.393 e. The number of aliphatic hydroxyl groups is 1. The summed E-state index contributed by atoms with van der Waals surface area (Å²) in [5.41, 5.74) is 0. The Kier molecular flexibility index (Phi) is 4.19. The number of aliphatic hydroxyl groups excluding tert-OH is 1. The van der Waals surface area contributed by atoms with Gasteiger partial charge in [-0.15, -0.1) is 0 Å². The lowest BCUT2D eigenvalue weighted by molar-refractivity contribution is -0.0928. The van der Waals surface area contributed by atoms with Crippen LogP contribution in [0.25, 0.3) is 0 Å². The van der Waals surface area contributed by atoms with Crippen LogP contribution < -0.4 is 0 Å². The molecule has 0 aromatic carbocycles. The summed E-state index contributed by atoms with van der Waals surface area (Å²) in [5.74, 6) is 0.270. The van der Waals surface area contributed by atoms with E-state index in [2.05, 4.69) is 18.7 Å². The van der Waals surface area contributed by atoms with Gasteiger partial charge in [0.2, 0.25) is 0 Å². The number of ether oxygens (including phenoxy) is 2. The molecule has 2 heterocycles. The summed E-state index contributed by atoms with van der Waals surface area (Å²) in [6.45, 7) is 8.47. The molecular weight excluding hydrogens is 206 g/mol. The summed E-state index contributed by atoms with van der Waals surface area (Å²) in [4.78, 5) is 2.39. The van der Waals surface area contributed by atoms with Crippen LogP contribution in [-0.2, 0) is 9.47 Å². The van der Waals surface area contributed by atoms with Gasteiger partial charge in [0.25, 0.3) is 0 Å². The Morgan fingerprint density at radius 2 is 1.94 bits per heavy atom. The van der Waals surface area contributed by atoms with Gasteiger partial charge in [-0.25, -0.2) is 0 Å². The second kappa shape index (κ2) is 5.45. The third kappa shape index (κ3) is 3.17. The van der Waals surface area contributed by atoms with Crippen molar-refractivity contribution < 1.29 is 14.6 Å². The molecule has 0 radical (unpaired) electrons. The van der Waals surface area contributed by atoms with Crippen LogP contribution in [0, 0.1) is 5.92 Å². The summed E-state index contributed by atoms with van der Waals surface area (Å²) in [6.07, 6.45) is 1.18. The van der Waals surface area contributed by atoms with Gasteiger partial charge in [-0.05, 0) is 20.3 Å². The quantitative estimate of drug-likeness (QED) is 0.748. The third-order valence-corrected chi connectivity index (χ3v) is 3.42. The summed E-state index contributed by atoms with van der Waals surface area (Å²) in [6, 6.07) is 0. The zero-order valence-corrected chi connectivity index (χ0v) is 10.3. The van der Waals surface area contributed by atoms with Crippen molar-refractivity contribution in [2.45, 2.75) is 38.6 Å². The van der Waals surface area contributed by atoms with Crippen molar-refractivity contribution in [1.29, 1.82) is 0 Å². The minimum atomic E-state index is -0.192. The Morgan fingerprint density at radius 3 is 2.56 bits per heavy atom. The molecule has 4 unspecified atom stereocenters. The van der Waals surface area contributed by atoms with Gasteiger partial charge < -0.3 is 14.6 Å². The number of rotatable bonds is 2. The third-order valence-electron chi connectivity index (χ3n) is 3.42. The van der Waals surface area contributed by atoms with Crippen LogP contribution in [0.5, 0.6) is 0 Å². The van der Waals surface area contributed by atoms with Crippen molar-refractivity contribution >= 4 is 0 Å². The van der Waals surface area contributed by atoms with Crippen molar-refractivity contribution in [2.24, 2.45) is 5.92 Å². The molecule has 0 saturated carbocycles. The molecule has 0 amide bonds. The topological polar surface area (TPSA) is 41.9 Å². The first-order valence-electron chi connectivity index (χ1n) is 6.28. The zero-order valence-electron chi connectivity index (χ0n) is 10.3. The van der Waals surface area contributed by atoms with E-state index in [-0.39, 0.29) is 12.0 Å². The van der Waals surface area contributed by atoms with Gasteiger partial charge in [0, 0.05) is 32.2 Å². The van der Waals surface area contributed by atoms with Gasteiger partial charge in [0.15, 0.2) is 0 Å². The molecule has 2 saturated heterocycles. The highest BCUT2D eigenvalue weighted by Gasteiger charge is 2.29. The minimum Gasteiger partial charge on any atom is -0.393 e. The second-order valence-electron chi connectivity index (χ2n) is 5.17. The van der Waals surface area contributed by atoms with Gasteiger partial charge in [-0.2, -0.15) is 0 Å². The van der Waals surface area contributed by atoms with E-state index in [1.165, 1.54) is 0 Å². The van der Waals surface area contributed by atoms with Crippen LogP contribution in [0.2, 0.25) is 0 Å². The number of hydrogen-bond donors (Lipinski definition) is 1. The summed E-state index contributed by atoms with van der Waals surface area (Å²) in [5, 5.41) is 9.89. The molecule has 0 aromatic heterocycles. The highest BCUT2D eigenvalue weighted by molar-refractivity contribution is 4.80. The normalized spacial score (nSPS) is 42.2. The van der Waals surface area contributed by atoms with Crippen LogP contribution >= 0.6 is 0 Å². The minimum absolute atomic E-state index is 0.192. The van der Waals surface area contributed by atoms with Crippen LogP contribution in [0.3, 0.4) is 0 Å². The molecule has 2 fully saturated rings. The molecule has 16 heavy (non-hydrogen) atoms. The summed E-state index contributed by atoms with van der Waals surface area (Å²) < 4.78 is 11.1. The lowest BCUT2D eigenvalue weighted by atomic mass is 9.97. The molecule has 1 N–H and O–H groups in total. The number of hydrogen-bond acceptors (Lipinski definition) is 4. The number of morpholine rings is 1. The van der Waals surface area contributed by atoms with Crippen molar-refractivity contribution in [1.82, 2.24) is 4.90 Å². The Bertz CT molecular complexity index is 214. The van der Waals surface area contributed by atoms with Crippen molar-refractivity contribution in [3.05, 3.63) is 0 Å². The summed E-state index contributed by atoms with van der Waals surface area (Å²) >= 11 is 0. The fourth-order valence-corrected chi connectivity index (χ4v) is 2.73. The Labute approximate surface area is 97.5 Å². The van der Waals surface area contributed by atoms with Gasteiger partial charge in [-0.1, -0.05) is 0 Å². The molecule has 4 atom stereocenters. The monoisotopic (exact) mass is 229 g/mol. The van der Waals surface area contributed by atoms with Crippen molar-refractivity contribution in [2.75, 3.05) is 32.8 Å². The Hall–Kier alpha value is -0.160. The molecule has 0 aromatic rings. The first kappa shape index (κ1) is 12.3. The van der Waals surface area contributed by atoms with E-state index in [4.69, 9.17) is 9.47 Å². The van der Waals surface area contributed by atoms with Gasteiger partial charge in [0.1, 0.15) is 0 Å². The lowest BCUT2D eigenvalue weighted by Crippen LogP contribution is -2.49. The maximum absolute atomic E-state index is 9.89. The van der Waals surface area contributed by atoms with Gasteiger partial charge in [-0.3, -0.25) is 4.90 Å². The van der Waals surface area contributed by atoms with E-state index >= 15 is 0 Å². The molecule has 2 aliphatic heterocycles. The van der Waals surface area contributed by atoms with E-state index in [1.807, 2.05) is 0 Å². The molecular formula is C12H23NO3. The maximum atomic E-state index is 9.89. The molecule has 2 aliphatic rings. The predicted octanol–water partition coefficient (Wildman–Crippen LogP) is 0.493. The van der Waals surface area contributed by atoms with Crippen molar-refractivity contribution in [3.63, 3.8) is 0 Å². The SMILES string of the molecule is CC1CN(CC2COCCC2O)CC(C)O1. The maximum Gasteiger partial charge on any atom is 0.0678 e. The molecule has 4 nitrogen and oxygen atoms in total. The van der Waals surface area contributed by atoms with Crippen LogP contribution in [0.1, 0.15) is 20.3 Å². The molecule has 0 bridgehead atoms. The number of nitrogens with zero attached hydrogens (tertiary/aromatic N) is 1. The van der Waals surface area contributed by atoms with Crippen molar-refractivity contribution in [3.8, 4) is 0 Å². The first-order chi connectivity index (χ1) is 7.65. The molecule has 0 aliphatic carbocycles. The average molecular weight is 229 g/mol. The van der Waals surface area contributed by atoms with Crippen LogP contribution in [0.4, 0.5) is 0 Å². The Morgan fingerprint density at radius 1 is 1.25 bits per heavy atom. The smallest absolute Gasteiger partial charge is 0.0678 e. The van der Waals surface area contributed by atoms with Crippen LogP contribution in [0.15, 0.2) is 0 Å². The van der Waals surface area contributed by atoms with E-state index in [1.54, 1.807) is 0 Å². The zero-order chi connectivity index (χ0) is 11.5. The lowest BCUT2D eigenvalue weighted by Gasteiger charge is -2.39. The fourth-order valence-electron chi connectivity index (χ4n) is 2.73. The van der Waals surface area contributed by atoms with E-state index < -0.39 is 0 Å². The van der Waals surface area contributed by atoms with E-state index in [0.717, 1.165) is 26.1 Å². The predicted molar refractivity (Wildman–Crippen MR) is 61.4 cm³/mol. The highest BCUT2D eigenvalue weighted by Crippen LogP contribution is 2.18. The molecule has 0 spiro atoms. The standard InChI is InChI=1S/C12H23NO3/c1-9-5-13(6-10(2)16-9)7-11-8-15-4-3-12(11)14/h9-12,14H,3-8H2,1-2H3. The van der Waals surface area contributed by atoms with Gasteiger partial charge in [0.05, 0.1) is 24.9 Å². The van der Waals surface area contributed by atoms with Crippen LogP contribution in [-0.4, -0.2) is 61.2 Å². The second-order valence-corrected chi connectivity index (χ2v) is 5.17. The van der Waals surface area contributed by atoms with E-state index in [0.29, 0.717) is 25.4 Å². The highest BCUT2D eigenvalue weighted by atomic mass is 16.5. The molecule has 2 rings (SSSR count). The fraction of sp³-hybridized carbons (Fsp3) is 1.00. The first-order valence-corrected chi connectivity index (χ1v) is 6.28. The molecule has 94 valence electrons. The Balaban J connectivity index is 1.83. The average Bonchev–Trinajstić information content (AvgIpc) is 2.20. The molecule has 4 heteroatoms. The van der Waals surface area contributed by atoms with E-state index in [9.17, 15) is 5.11 Å². The summed E-state index contributed by atoms with van der Waals surface area (Å²) in [7, 11) is 0. The van der Waals surface area contributed by atoms with Gasteiger partial charge >= 0.3 is 0 Å².